The van der Waals surface area contributed by atoms with Crippen LogP contribution in [0.1, 0.15) is 29.0 Å². The van der Waals surface area contributed by atoms with Gasteiger partial charge in [-0.15, -0.1) is 0 Å². The Hall–Kier alpha value is -3.48. The average Bonchev–Trinajstić information content (AvgIpc) is 3.10. The van der Waals surface area contributed by atoms with Crippen LogP contribution in [-0.4, -0.2) is 19.7 Å². The van der Waals surface area contributed by atoms with Crippen LogP contribution in [0.3, 0.4) is 0 Å². The lowest BCUT2D eigenvalue weighted by Gasteiger charge is -2.34. The summed E-state index contributed by atoms with van der Waals surface area (Å²) >= 11 is 0. The van der Waals surface area contributed by atoms with E-state index in [0.29, 0.717) is 16.6 Å². The molecular formula is C20H16FN5O. The van der Waals surface area contributed by atoms with E-state index in [4.69, 9.17) is 0 Å². The number of aromatic nitrogens is 4. The highest BCUT2D eigenvalue weighted by molar-refractivity contribution is 5.97. The van der Waals surface area contributed by atoms with Gasteiger partial charge in [0.05, 0.1) is 23.0 Å². The summed E-state index contributed by atoms with van der Waals surface area (Å²) in [5, 5.41) is 11.7. The Bertz CT molecular complexity index is 1230. The summed E-state index contributed by atoms with van der Waals surface area (Å²) in [6.45, 7) is 0. The Balaban J connectivity index is 1.84. The molecule has 2 atom stereocenters. The van der Waals surface area contributed by atoms with Gasteiger partial charge in [0.15, 0.2) is 0 Å². The van der Waals surface area contributed by atoms with E-state index < -0.39 is 6.04 Å². The molecule has 134 valence electrons. The maximum atomic E-state index is 14.7. The van der Waals surface area contributed by atoms with Crippen molar-refractivity contribution in [3.63, 3.8) is 0 Å². The minimum atomic E-state index is -0.413. The van der Waals surface area contributed by atoms with E-state index in [1.54, 1.807) is 24.4 Å². The maximum absolute atomic E-state index is 14.7. The highest BCUT2D eigenvalue weighted by atomic mass is 19.1. The lowest BCUT2D eigenvalue weighted by atomic mass is 9.83. The van der Waals surface area contributed by atoms with Gasteiger partial charge in [-0.25, -0.2) is 14.5 Å². The Kier molecular flexibility index (Phi) is 3.36. The molecule has 0 spiro atoms. The number of H-pyrrole nitrogens is 1. The molecule has 1 aliphatic rings. The molecule has 5 rings (SSSR count). The summed E-state index contributed by atoms with van der Waals surface area (Å²) in [4.78, 5) is 16.8. The third-order valence-electron chi connectivity index (χ3n) is 5.16. The second-order valence-corrected chi connectivity index (χ2v) is 6.68. The smallest absolute Gasteiger partial charge is 0.272 e. The standard InChI is InChI=1S/C20H16FN5O/c1-26-10-9-22-19(26)16-17(11-5-2-3-7-13(11)21)23-14-8-4-6-12-15(14)18(16)24-25-20(12)27/h2-10,16-17,23H,1H3,(H,25,27)/t16-,17-/m0/s1. The summed E-state index contributed by atoms with van der Waals surface area (Å²) in [6, 6.07) is 11.7. The van der Waals surface area contributed by atoms with E-state index in [9.17, 15) is 9.18 Å². The fraction of sp³-hybridized carbons (Fsp3) is 0.150. The molecule has 2 N–H and O–H groups in total. The number of hydrogen-bond acceptors (Lipinski definition) is 4. The summed E-state index contributed by atoms with van der Waals surface area (Å²) in [5.74, 6) is 0.0801. The van der Waals surface area contributed by atoms with E-state index in [2.05, 4.69) is 20.5 Å². The van der Waals surface area contributed by atoms with Crippen LogP contribution < -0.4 is 10.9 Å². The molecule has 0 saturated heterocycles. The van der Waals surface area contributed by atoms with Crippen LogP contribution in [0.5, 0.6) is 0 Å². The van der Waals surface area contributed by atoms with Crippen LogP contribution >= 0.6 is 0 Å². The SMILES string of the molecule is Cn1ccnc1[C@@H]1c2n[nH]c(=O)c3cccc(c23)N[C@H]1c1ccccc1F. The lowest BCUT2D eigenvalue weighted by molar-refractivity contribution is 0.541. The number of nitrogens with one attached hydrogen (secondary N) is 2. The van der Waals surface area contributed by atoms with Crippen molar-refractivity contribution < 1.29 is 4.39 Å². The number of halogens is 1. The first kappa shape index (κ1) is 15.7. The third-order valence-corrected chi connectivity index (χ3v) is 5.16. The Morgan fingerprint density at radius 1 is 1.15 bits per heavy atom. The molecule has 0 radical (unpaired) electrons. The number of nitrogens with zero attached hydrogens (tertiary/aromatic N) is 3. The molecule has 6 nitrogen and oxygen atoms in total. The number of benzene rings is 2. The van der Waals surface area contributed by atoms with E-state index >= 15 is 0 Å². The van der Waals surface area contributed by atoms with Crippen LogP contribution in [-0.2, 0) is 7.05 Å². The largest absolute Gasteiger partial charge is 0.376 e. The average molecular weight is 361 g/mol. The molecular weight excluding hydrogens is 345 g/mol. The first-order valence-electron chi connectivity index (χ1n) is 8.64. The van der Waals surface area contributed by atoms with Gasteiger partial charge in [-0.3, -0.25) is 4.79 Å². The molecule has 0 saturated carbocycles. The molecule has 2 aromatic heterocycles. The van der Waals surface area contributed by atoms with E-state index in [-0.39, 0.29) is 17.3 Å². The third kappa shape index (κ3) is 2.28. The van der Waals surface area contributed by atoms with E-state index in [1.165, 1.54) is 6.07 Å². The highest BCUT2D eigenvalue weighted by Gasteiger charge is 2.38. The first-order chi connectivity index (χ1) is 13.1. The van der Waals surface area contributed by atoms with Gasteiger partial charge >= 0.3 is 0 Å². The highest BCUT2D eigenvalue weighted by Crippen LogP contribution is 2.46. The molecule has 1 aliphatic heterocycles. The molecule has 2 aromatic carbocycles. The number of aryl methyl sites for hydroxylation is 1. The monoisotopic (exact) mass is 361 g/mol. The second kappa shape index (κ2) is 5.77. The Morgan fingerprint density at radius 2 is 2.00 bits per heavy atom. The van der Waals surface area contributed by atoms with Gasteiger partial charge in [0.1, 0.15) is 11.6 Å². The summed E-state index contributed by atoms with van der Waals surface area (Å²) in [5.41, 5.74) is 1.72. The number of hydrogen-bond donors (Lipinski definition) is 2. The summed E-state index contributed by atoms with van der Waals surface area (Å²) in [6.07, 6.45) is 3.55. The normalized spacial score (nSPS) is 18.4. The fourth-order valence-electron chi connectivity index (χ4n) is 3.93. The topological polar surface area (TPSA) is 75.6 Å². The summed E-state index contributed by atoms with van der Waals surface area (Å²) < 4.78 is 16.6. The Morgan fingerprint density at radius 3 is 2.78 bits per heavy atom. The molecule has 3 heterocycles. The Labute approximate surface area is 153 Å². The molecule has 0 bridgehead atoms. The number of rotatable bonds is 2. The van der Waals surface area contributed by atoms with Crippen molar-refractivity contribution in [1.29, 1.82) is 0 Å². The van der Waals surface area contributed by atoms with Crippen LogP contribution in [0, 0.1) is 5.82 Å². The zero-order chi connectivity index (χ0) is 18.5. The number of aromatic amines is 1. The number of anilines is 1. The van der Waals surface area contributed by atoms with Gasteiger partial charge in [0, 0.05) is 36.1 Å². The number of imidazole rings is 1. The van der Waals surface area contributed by atoms with Crippen molar-refractivity contribution in [2.45, 2.75) is 12.0 Å². The molecule has 0 fully saturated rings. The van der Waals surface area contributed by atoms with Crippen molar-refractivity contribution >= 4 is 16.5 Å². The van der Waals surface area contributed by atoms with Crippen LogP contribution in [0.4, 0.5) is 10.1 Å². The van der Waals surface area contributed by atoms with Gasteiger partial charge in [-0.05, 0) is 18.2 Å². The molecule has 4 aromatic rings. The zero-order valence-electron chi connectivity index (χ0n) is 14.5. The van der Waals surface area contributed by atoms with E-state index in [1.807, 2.05) is 36.0 Å². The first-order valence-corrected chi connectivity index (χ1v) is 8.64. The predicted molar refractivity (Wildman–Crippen MR) is 100 cm³/mol. The van der Waals surface area contributed by atoms with Gasteiger partial charge in [-0.1, -0.05) is 24.3 Å². The maximum Gasteiger partial charge on any atom is 0.272 e. The molecule has 7 heteroatoms. The lowest BCUT2D eigenvalue weighted by Crippen LogP contribution is -2.30. The van der Waals surface area contributed by atoms with Gasteiger partial charge in [0.2, 0.25) is 0 Å². The quantitative estimate of drug-likeness (QED) is 0.575. The second-order valence-electron chi connectivity index (χ2n) is 6.68. The van der Waals surface area contributed by atoms with E-state index in [0.717, 1.165) is 16.9 Å². The van der Waals surface area contributed by atoms with Gasteiger partial charge < -0.3 is 9.88 Å². The zero-order valence-corrected chi connectivity index (χ0v) is 14.5. The molecule has 0 aliphatic carbocycles. The van der Waals surface area contributed by atoms with Crippen molar-refractivity contribution in [3.8, 4) is 0 Å². The fourth-order valence-corrected chi connectivity index (χ4v) is 3.93. The minimum absolute atomic E-state index is 0.250. The van der Waals surface area contributed by atoms with Crippen LogP contribution in [0.2, 0.25) is 0 Å². The van der Waals surface area contributed by atoms with Gasteiger partial charge in [0.25, 0.3) is 5.56 Å². The van der Waals surface area contributed by atoms with Gasteiger partial charge in [-0.2, -0.15) is 5.10 Å². The summed E-state index contributed by atoms with van der Waals surface area (Å²) in [7, 11) is 1.89. The van der Waals surface area contributed by atoms with Crippen molar-refractivity contribution in [1.82, 2.24) is 19.7 Å². The van der Waals surface area contributed by atoms with Crippen molar-refractivity contribution in [3.05, 3.63) is 88.1 Å². The predicted octanol–water partition coefficient (Wildman–Crippen LogP) is 3.09. The molecule has 0 amide bonds. The van der Waals surface area contributed by atoms with Crippen molar-refractivity contribution in [2.24, 2.45) is 7.05 Å². The van der Waals surface area contributed by atoms with Crippen molar-refractivity contribution in [2.75, 3.05) is 5.32 Å². The minimum Gasteiger partial charge on any atom is -0.376 e. The van der Waals surface area contributed by atoms with Crippen LogP contribution in [0.25, 0.3) is 10.8 Å². The molecule has 27 heavy (non-hydrogen) atoms. The molecule has 0 unspecified atom stereocenters. The van der Waals surface area contributed by atoms with Crippen LogP contribution in [0.15, 0.2) is 59.7 Å².